The summed E-state index contributed by atoms with van der Waals surface area (Å²) in [5.74, 6) is -0.282. The van der Waals surface area contributed by atoms with Crippen molar-refractivity contribution in [2.75, 3.05) is 0 Å². The van der Waals surface area contributed by atoms with Crippen LogP contribution in [0.5, 0.6) is 5.75 Å². The average molecular weight is 235 g/mol. The summed E-state index contributed by atoms with van der Waals surface area (Å²) in [4.78, 5) is 23.9. The zero-order valence-electron chi connectivity index (χ0n) is 7.75. The summed E-state index contributed by atoms with van der Waals surface area (Å²) in [7, 11) is -3.13. The van der Waals surface area contributed by atoms with Crippen molar-refractivity contribution in [3.8, 4) is 5.75 Å². The van der Waals surface area contributed by atoms with Gasteiger partial charge in [0, 0.05) is 6.07 Å². The molecule has 0 unspecified atom stereocenters. The van der Waals surface area contributed by atoms with Gasteiger partial charge >= 0.3 is 13.9 Å². The summed E-state index contributed by atoms with van der Waals surface area (Å²) < 4.78 is 8.74. The molecular formula is C7H10NO6P. The van der Waals surface area contributed by atoms with E-state index in [2.05, 4.69) is 0 Å². The molecule has 15 heavy (non-hydrogen) atoms. The van der Waals surface area contributed by atoms with Gasteiger partial charge in [0.2, 0.25) is 0 Å². The van der Waals surface area contributed by atoms with Gasteiger partial charge in [-0.15, -0.1) is 0 Å². The summed E-state index contributed by atoms with van der Waals surface area (Å²) in [6, 6.07) is 4.22. The first-order valence-electron chi connectivity index (χ1n) is 3.70. The second kappa shape index (κ2) is 6.13. The zero-order valence-corrected chi connectivity index (χ0v) is 8.75. The maximum absolute atomic E-state index is 10.2. The monoisotopic (exact) mass is 235 g/mol. The molecule has 0 amide bonds. The Morgan fingerprint density at radius 1 is 1.40 bits per heavy atom. The van der Waals surface area contributed by atoms with Crippen LogP contribution in [0, 0.1) is 17.0 Å². The minimum atomic E-state index is -3.13. The number of nitro groups is 1. The number of phenolic OH excluding ortho intramolecular Hbond substituents is 1. The highest BCUT2D eigenvalue weighted by Gasteiger charge is 2.10. The van der Waals surface area contributed by atoms with E-state index in [4.69, 9.17) is 19.5 Å². The quantitative estimate of drug-likeness (QED) is 0.378. The lowest BCUT2D eigenvalue weighted by molar-refractivity contribution is -0.385. The molecule has 8 heteroatoms. The molecule has 0 saturated carbocycles. The van der Waals surface area contributed by atoms with E-state index in [1.54, 1.807) is 13.0 Å². The van der Waals surface area contributed by atoms with E-state index >= 15 is 0 Å². The number of aryl methyl sites for hydroxylation is 1. The Labute approximate surface area is 85.7 Å². The molecule has 0 aromatic heterocycles. The van der Waals surface area contributed by atoms with Crippen LogP contribution in [0.4, 0.5) is 5.69 Å². The fourth-order valence-corrected chi connectivity index (χ4v) is 0.788. The summed E-state index contributed by atoms with van der Waals surface area (Å²) in [5.41, 5.74) is 0.545. The van der Waals surface area contributed by atoms with Crippen LogP contribution in [0.2, 0.25) is 0 Å². The van der Waals surface area contributed by atoms with E-state index in [0.29, 0.717) is 0 Å². The fraction of sp³-hybridized carbons (Fsp3) is 0.143. The average Bonchev–Trinajstić information content (AvgIpc) is 2.01. The van der Waals surface area contributed by atoms with Crippen molar-refractivity contribution < 1.29 is 24.4 Å². The van der Waals surface area contributed by atoms with Gasteiger partial charge in [-0.25, -0.2) is 0 Å². The predicted octanol–water partition coefficient (Wildman–Crippen LogP) is 0.970. The number of nitro benzene ring substituents is 1. The molecule has 1 aromatic rings. The molecule has 0 spiro atoms. The lowest BCUT2D eigenvalue weighted by Crippen LogP contribution is -1.88. The van der Waals surface area contributed by atoms with E-state index in [1.807, 2.05) is 0 Å². The van der Waals surface area contributed by atoms with Crippen LogP contribution in [-0.2, 0) is 4.57 Å². The molecule has 0 atom stereocenters. The minimum absolute atomic E-state index is 0.254. The molecule has 0 heterocycles. The number of nitrogens with zero attached hydrogens (tertiary/aromatic N) is 1. The first-order chi connectivity index (χ1) is 6.84. The van der Waals surface area contributed by atoms with Crippen molar-refractivity contribution in [3.05, 3.63) is 33.9 Å². The minimum Gasteiger partial charge on any atom is -0.502 e. The maximum atomic E-state index is 10.2. The number of phenols is 1. The van der Waals surface area contributed by atoms with Crippen LogP contribution in [0.15, 0.2) is 18.2 Å². The third kappa shape index (κ3) is 5.79. The van der Waals surface area contributed by atoms with Gasteiger partial charge in [-0.05, 0) is 18.6 Å². The van der Waals surface area contributed by atoms with Gasteiger partial charge in [-0.1, -0.05) is 6.07 Å². The molecule has 84 valence electrons. The van der Waals surface area contributed by atoms with Crippen molar-refractivity contribution >= 4 is 13.9 Å². The van der Waals surface area contributed by atoms with Crippen molar-refractivity contribution in [2.24, 2.45) is 0 Å². The molecule has 0 aliphatic rings. The van der Waals surface area contributed by atoms with Gasteiger partial charge in [0.05, 0.1) is 4.92 Å². The molecule has 0 aliphatic heterocycles. The second-order valence-corrected chi connectivity index (χ2v) is 3.10. The van der Waals surface area contributed by atoms with Crippen LogP contribution < -0.4 is 0 Å². The molecule has 0 saturated heterocycles. The Bertz CT molecular complexity index is 376. The summed E-state index contributed by atoms with van der Waals surface area (Å²) in [6.07, 6.45) is 0. The maximum Gasteiger partial charge on any atom is 0.314 e. The standard InChI is InChI=1S/C7H7NO3.H3O3P/c1-5-2-3-6(8(10)11)7(9)4-5;1-4(2)3/h2-4,9H,1H3;4H,(H2,1,2,3). The van der Waals surface area contributed by atoms with Gasteiger partial charge in [0.15, 0.2) is 5.75 Å². The third-order valence-corrected chi connectivity index (χ3v) is 1.33. The van der Waals surface area contributed by atoms with Crippen molar-refractivity contribution in [1.29, 1.82) is 0 Å². The highest BCUT2D eigenvalue weighted by molar-refractivity contribution is 7.30. The van der Waals surface area contributed by atoms with Crippen molar-refractivity contribution in [1.82, 2.24) is 0 Å². The second-order valence-electron chi connectivity index (χ2n) is 2.53. The molecule has 0 fully saturated rings. The first kappa shape index (κ1) is 13.6. The fourth-order valence-electron chi connectivity index (χ4n) is 0.788. The lowest BCUT2D eigenvalue weighted by Gasteiger charge is -1.95. The Morgan fingerprint density at radius 2 is 1.87 bits per heavy atom. The van der Waals surface area contributed by atoms with E-state index < -0.39 is 13.2 Å². The van der Waals surface area contributed by atoms with Gasteiger partial charge in [0.25, 0.3) is 0 Å². The van der Waals surface area contributed by atoms with E-state index in [9.17, 15) is 10.1 Å². The lowest BCUT2D eigenvalue weighted by atomic mass is 10.2. The molecular weight excluding hydrogens is 225 g/mol. The summed E-state index contributed by atoms with van der Waals surface area (Å²) in [6.45, 7) is 1.75. The van der Waals surface area contributed by atoms with Crippen molar-refractivity contribution in [2.45, 2.75) is 6.92 Å². The highest BCUT2D eigenvalue weighted by atomic mass is 31.1. The van der Waals surface area contributed by atoms with E-state index in [-0.39, 0.29) is 11.4 Å². The number of hydrogen-bond donors (Lipinski definition) is 3. The molecule has 7 nitrogen and oxygen atoms in total. The number of benzene rings is 1. The molecule has 3 N–H and O–H groups in total. The molecule has 0 aliphatic carbocycles. The SMILES string of the molecule is Cc1ccc([N+](=O)[O-])c(O)c1.O=[PH](O)O. The van der Waals surface area contributed by atoms with Crippen LogP contribution >= 0.6 is 8.25 Å². The molecule has 1 aromatic carbocycles. The molecule has 0 radical (unpaired) electrons. The van der Waals surface area contributed by atoms with Crippen LogP contribution in [0.25, 0.3) is 0 Å². The predicted molar refractivity (Wildman–Crippen MR) is 52.9 cm³/mol. The van der Waals surface area contributed by atoms with Gasteiger partial charge in [-0.2, -0.15) is 0 Å². The number of rotatable bonds is 1. The summed E-state index contributed by atoms with van der Waals surface area (Å²) in [5, 5.41) is 19.2. The van der Waals surface area contributed by atoms with Gasteiger partial charge < -0.3 is 14.9 Å². The number of aromatic hydroxyl groups is 1. The zero-order chi connectivity index (χ0) is 12.0. The Hall–Kier alpha value is -1.43. The van der Waals surface area contributed by atoms with Crippen LogP contribution in [-0.4, -0.2) is 19.8 Å². The van der Waals surface area contributed by atoms with Crippen molar-refractivity contribution in [3.63, 3.8) is 0 Å². The molecule has 0 bridgehead atoms. The Kier molecular flexibility index (Phi) is 5.54. The Morgan fingerprint density at radius 3 is 2.20 bits per heavy atom. The summed E-state index contributed by atoms with van der Waals surface area (Å²) >= 11 is 0. The van der Waals surface area contributed by atoms with Gasteiger partial charge in [-0.3, -0.25) is 14.7 Å². The van der Waals surface area contributed by atoms with E-state index in [1.165, 1.54) is 12.1 Å². The first-order valence-corrected chi connectivity index (χ1v) is 5.00. The largest absolute Gasteiger partial charge is 0.502 e. The normalized spacial score (nSPS) is 9.33. The van der Waals surface area contributed by atoms with Crippen LogP contribution in [0.1, 0.15) is 5.56 Å². The van der Waals surface area contributed by atoms with E-state index in [0.717, 1.165) is 5.56 Å². The smallest absolute Gasteiger partial charge is 0.314 e. The van der Waals surface area contributed by atoms with Gasteiger partial charge in [0.1, 0.15) is 0 Å². The third-order valence-electron chi connectivity index (χ3n) is 1.33. The highest BCUT2D eigenvalue weighted by Crippen LogP contribution is 2.25. The number of hydrogen-bond acceptors (Lipinski definition) is 4. The molecule has 1 rings (SSSR count). The van der Waals surface area contributed by atoms with Crippen LogP contribution in [0.3, 0.4) is 0 Å². The topological polar surface area (TPSA) is 121 Å². The Balaban J connectivity index is 0.000000423.